The number of nitriles is 1. The number of rotatable bonds is 3. The molecule has 2 rings (SSSR count). The number of hydrogen-bond donors (Lipinski definition) is 0. The summed E-state index contributed by atoms with van der Waals surface area (Å²) in [6.07, 6.45) is 0. The van der Waals surface area contributed by atoms with Gasteiger partial charge in [-0.3, -0.25) is 0 Å². The van der Waals surface area contributed by atoms with Crippen LogP contribution in [0.3, 0.4) is 0 Å². The second kappa shape index (κ2) is 6.17. The Morgan fingerprint density at radius 3 is 2.50 bits per heavy atom. The molecule has 0 heterocycles. The van der Waals surface area contributed by atoms with Crippen molar-refractivity contribution in [2.75, 3.05) is 11.9 Å². The Morgan fingerprint density at radius 2 is 1.90 bits per heavy atom. The fourth-order valence-electron chi connectivity index (χ4n) is 2.06. The summed E-state index contributed by atoms with van der Waals surface area (Å²) < 4.78 is 0. The number of benzene rings is 2. The lowest BCUT2D eigenvalue weighted by atomic mass is 10.1. The number of hydrogen-bond acceptors (Lipinski definition) is 2. The van der Waals surface area contributed by atoms with Gasteiger partial charge in [0.25, 0.3) is 0 Å². The molecule has 4 heteroatoms. The molecule has 0 aromatic heterocycles. The molecular formula is C16H14Cl2N2. The minimum atomic E-state index is 0.124. The van der Waals surface area contributed by atoms with Crippen LogP contribution in [0, 0.1) is 11.3 Å². The van der Waals surface area contributed by atoms with Crippen LogP contribution < -0.4 is 4.90 Å². The van der Waals surface area contributed by atoms with Crippen LogP contribution in [0.5, 0.6) is 0 Å². The van der Waals surface area contributed by atoms with Crippen molar-refractivity contribution in [3.63, 3.8) is 0 Å². The highest BCUT2D eigenvalue weighted by Crippen LogP contribution is 2.32. The van der Waals surface area contributed by atoms with Crippen LogP contribution in [-0.4, -0.2) is 7.05 Å². The molecule has 0 aliphatic rings. The molecule has 0 spiro atoms. The maximum Gasteiger partial charge on any atom is 0.0992 e. The molecule has 0 radical (unpaired) electrons. The molecule has 0 bridgehead atoms. The monoisotopic (exact) mass is 304 g/mol. The molecule has 0 aliphatic heterocycles. The largest absolute Gasteiger partial charge is 0.367 e. The van der Waals surface area contributed by atoms with Crippen molar-refractivity contribution in [2.24, 2.45) is 0 Å². The number of anilines is 1. The van der Waals surface area contributed by atoms with Crippen molar-refractivity contribution in [1.29, 1.82) is 5.26 Å². The lowest BCUT2D eigenvalue weighted by Crippen LogP contribution is -2.21. The molecule has 0 N–H and O–H groups in total. The minimum absolute atomic E-state index is 0.124. The van der Waals surface area contributed by atoms with Gasteiger partial charge in [-0.1, -0.05) is 35.3 Å². The van der Waals surface area contributed by atoms with Crippen LogP contribution in [0.1, 0.15) is 24.1 Å². The molecular weight excluding hydrogens is 291 g/mol. The zero-order valence-corrected chi connectivity index (χ0v) is 12.8. The normalized spacial score (nSPS) is 11.8. The first kappa shape index (κ1) is 14.7. The topological polar surface area (TPSA) is 27.0 Å². The van der Waals surface area contributed by atoms with Gasteiger partial charge in [-0.15, -0.1) is 0 Å². The average molecular weight is 305 g/mol. The molecule has 102 valence electrons. The SMILES string of the molecule is CC(c1cccc(Cl)c1)N(C)c1ccc(C#N)cc1Cl. The Balaban J connectivity index is 2.31. The first-order chi connectivity index (χ1) is 9.52. The molecule has 0 amide bonds. The maximum absolute atomic E-state index is 8.87. The molecule has 0 fully saturated rings. The quantitative estimate of drug-likeness (QED) is 0.792. The van der Waals surface area contributed by atoms with Gasteiger partial charge < -0.3 is 4.90 Å². The predicted molar refractivity (Wildman–Crippen MR) is 84.4 cm³/mol. The number of halogens is 2. The van der Waals surface area contributed by atoms with Crippen LogP contribution in [0.25, 0.3) is 0 Å². The van der Waals surface area contributed by atoms with Crippen molar-refractivity contribution in [1.82, 2.24) is 0 Å². The third kappa shape index (κ3) is 3.07. The molecule has 2 nitrogen and oxygen atoms in total. The first-order valence-electron chi connectivity index (χ1n) is 6.21. The predicted octanol–water partition coefficient (Wildman–Crippen LogP) is 5.06. The minimum Gasteiger partial charge on any atom is -0.367 e. The Bertz CT molecular complexity index is 662. The van der Waals surface area contributed by atoms with Gasteiger partial charge in [0.15, 0.2) is 0 Å². The summed E-state index contributed by atoms with van der Waals surface area (Å²) in [4.78, 5) is 2.06. The van der Waals surface area contributed by atoms with Crippen molar-refractivity contribution >= 4 is 28.9 Å². The van der Waals surface area contributed by atoms with Crippen molar-refractivity contribution in [2.45, 2.75) is 13.0 Å². The van der Waals surface area contributed by atoms with Gasteiger partial charge in [0.1, 0.15) is 0 Å². The molecule has 20 heavy (non-hydrogen) atoms. The second-order valence-corrected chi connectivity index (χ2v) is 5.46. The van der Waals surface area contributed by atoms with E-state index in [9.17, 15) is 0 Å². The summed E-state index contributed by atoms with van der Waals surface area (Å²) in [5.41, 5.74) is 2.56. The van der Waals surface area contributed by atoms with E-state index in [0.717, 1.165) is 11.3 Å². The highest BCUT2D eigenvalue weighted by molar-refractivity contribution is 6.33. The first-order valence-corrected chi connectivity index (χ1v) is 6.96. The molecule has 2 aromatic rings. The van der Waals surface area contributed by atoms with E-state index < -0.39 is 0 Å². The molecule has 2 aromatic carbocycles. The van der Waals surface area contributed by atoms with Gasteiger partial charge in [-0.25, -0.2) is 0 Å². The van der Waals surface area contributed by atoms with E-state index in [0.29, 0.717) is 15.6 Å². The number of nitrogens with zero attached hydrogens (tertiary/aromatic N) is 2. The van der Waals surface area contributed by atoms with Gasteiger partial charge in [0, 0.05) is 12.1 Å². The van der Waals surface area contributed by atoms with Crippen LogP contribution in [0.15, 0.2) is 42.5 Å². The van der Waals surface area contributed by atoms with Gasteiger partial charge in [-0.2, -0.15) is 5.26 Å². The third-order valence-corrected chi connectivity index (χ3v) is 3.91. The third-order valence-electron chi connectivity index (χ3n) is 3.37. The van der Waals surface area contributed by atoms with E-state index in [1.165, 1.54) is 0 Å². The highest BCUT2D eigenvalue weighted by atomic mass is 35.5. The van der Waals surface area contributed by atoms with Gasteiger partial charge >= 0.3 is 0 Å². The fraction of sp³-hybridized carbons (Fsp3) is 0.188. The average Bonchev–Trinajstić information content (AvgIpc) is 2.45. The zero-order valence-electron chi connectivity index (χ0n) is 11.3. The Kier molecular flexibility index (Phi) is 4.54. The van der Waals surface area contributed by atoms with Crippen LogP contribution in [0.2, 0.25) is 10.0 Å². The van der Waals surface area contributed by atoms with E-state index in [-0.39, 0.29) is 6.04 Å². The van der Waals surface area contributed by atoms with E-state index in [4.69, 9.17) is 28.5 Å². The molecule has 0 aliphatic carbocycles. The molecule has 1 atom stereocenters. The Morgan fingerprint density at radius 1 is 1.15 bits per heavy atom. The standard InChI is InChI=1S/C16H14Cl2N2/c1-11(13-4-3-5-14(17)9-13)20(2)16-7-6-12(10-19)8-15(16)18/h3-9,11H,1-2H3. The highest BCUT2D eigenvalue weighted by Gasteiger charge is 2.15. The summed E-state index contributed by atoms with van der Waals surface area (Å²) in [5.74, 6) is 0. The summed E-state index contributed by atoms with van der Waals surface area (Å²) in [5, 5.41) is 10.2. The second-order valence-electron chi connectivity index (χ2n) is 4.62. The van der Waals surface area contributed by atoms with Crippen molar-refractivity contribution in [3.8, 4) is 6.07 Å². The van der Waals surface area contributed by atoms with E-state index in [2.05, 4.69) is 17.9 Å². The van der Waals surface area contributed by atoms with Gasteiger partial charge in [0.05, 0.1) is 28.4 Å². The van der Waals surface area contributed by atoms with E-state index >= 15 is 0 Å². The fourth-order valence-corrected chi connectivity index (χ4v) is 2.57. The van der Waals surface area contributed by atoms with Crippen LogP contribution >= 0.6 is 23.2 Å². The summed E-state index contributed by atoms with van der Waals surface area (Å²) in [6, 6.07) is 15.3. The van der Waals surface area contributed by atoms with Crippen LogP contribution in [0.4, 0.5) is 5.69 Å². The smallest absolute Gasteiger partial charge is 0.0992 e. The summed E-state index contributed by atoms with van der Waals surface area (Å²) >= 11 is 12.3. The lowest BCUT2D eigenvalue weighted by Gasteiger charge is -2.28. The molecule has 0 saturated heterocycles. The van der Waals surface area contributed by atoms with Crippen molar-refractivity contribution < 1.29 is 0 Å². The summed E-state index contributed by atoms with van der Waals surface area (Å²) in [6.45, 7) is 2.08. The van der Waals surface area contributed by atoms with E-state index in [1.807, 2.05) is 37.4 Å². The molecule has 0 saturated carbocycles. The Labute approximate surface area is 129 Å². The maximum atomic E-state index is 8.87. The van der Waals surface area contributed by atoms with Crippen molar-refractivity contribution in [3.05, 3.63) is 63.6 Å². The Hall–Kier alpha value is -1.69. The van der Waals surface area contributed by atoms with Gasteiger partial charge in [0.2, 0.25) is 0 Å². The summed E-state index contributed by atoms with van der Waals surface area (Å²) in [7, 11) is 1.97. The van der Waals surface area contributed by atoms with Crippen LogP contribution in [-0.2, 0) is 0 Å². The van der Waals surface area contributed by atoms with E-state index in [1.54, 1.807) is 12.1 Å². The molecule has 1 unspecified atom stereocenters. The zero-order chi connectivity index (χ0) is 14.7. The van der Waals surface area contributed by atoms with Gasteiger partial charge in [-0.05, 0) is 42.8 Å². The lowest BCUT2D eigenvalue weighted by molar-refractivity contribution is 0.740.